The molecule has 2 aliphatic heterocycles. The van der Waals surface area contributed by atoms with Gasteiger partial charge in [-0.25, -0.2) is 0 Å². The van der Waals surface area contributed by atoms with Crippen LogP contribution >= 0.6 is 0 Å². The van der Waals surface area contributed by atoms with Gasteiger partial charge in [0.2, 0.25) is 0 Å². The molecule has 1 aliphatic carbocycles. The third kappa shape index (κ3) is 2.70. The Bertz CT molecular complexity index is 727. The van der Waals surface area contributed by atoms with Crippen LogP contribution in [-0.4, -0.2) is 34.3 Å². The molecule has 0 aromatic heterocycles. The summed E-state index contributed by atoms with van der Waals surface area (Å²) in [5.41, 5.74) is -2.77. The molecule has 3 aliphatic rings. The first kappa shape index (κ1) is 19.1. The number of halogens is 6. The molecule has 1 aromatic carbocycles. The Kier molecular flexibility index (Phi) is 3.97. The van der Waals surface area contributed by atoms with Crippen molar-refractivity contribution in [3.63, 3.8) is 0 Å². The predicted molar refractivity (Wildman–Crippen MR) is 85.4 cm³/mol. The number of benzene rings is 1. The highest BCUT2D eigenvalue weighted by Crippen LogP contribution is 2.60. The van der Waals surface area contributed by atoms with Gasteiger partial charge in [-0.15, -0.1) is 0 Å². The molecule has 2 heterocycles. The van der Waals surface area contributed by atoms with Crippen LogP contribution in [0.3, 0.4) is 0 Å². The number of rotatable bonds is 2. The van der Waals surface area contributed by atoms with Crippen LogP contribution in [0.15, 0.2) is 18.2 Å². The molecular weight excluding hydrogens is 372 g/mol. The van der Waals surface area contributed by atoms with Crippen LogP contribution in [0, 0.1) is 11.8 Å². The van der Waals surface area contributed by atoms with E-state index in [0.29, 0.717) is 23.5 Å². The van der Waals surface area contributed by atoms with E-state index in [1.165, 1.54) is 0 Å². The summed E-state index contributed by atoms with van der Waals surface area (Å²) in [5, 5.41) is 10.5. The van der Waals surface area contributed by atoms with Crippen molar-refractivity contribution in [1.29, 1.82) is 0 Å². The minimum Gasteiger partial charge on any atom is -0.387 e. The monoisotopic (exact) mass is 394 g/mol. The standard InChI is InChI=1S/C19H22F6NO/c1-17-12-2-3-15(17)16(27)10-26(17,5-4-12)9-11-6-13(18(20,21)22)8-14(7-11)19(23,24)25/h6-8,12,15-16,27H,2-5,9-10H2,1H3/q+1/t12-,15+,16+,17+,26+/m0/s1. The predicted octanol–water partition coefficient (Wildman–Crippen LogP) is 4.60. The second kappa shape index (κ2) is 5.63. The number of alkyl halides is 6. The van der Waals surface area contributed by atoms with Gasteiger partial charge in [0.15, 0.2) is 0 Å². The van der Waals surface area contributed by atoms with Crippen LogP contribution < -0.4 is 0 Å². The molecule has 1 saturated carbocycles. The van der Waals surface area contributed by atoms with Crippen molar-refractivity contribution in [3.05, 3.63) is 34.9 Å². The first-order valence-electron chi connectivity index (χ1n) is 9.19. The van der Waals surface area contributed by atoms with Crippen LogP contribution in [0.4, 0.5) is 26.3 Å². The summed E-state index contributed by atoms with van der Waals surface area (Å²) < 4.78 is 79.4. The lowest BCUT2D eigenvalue weighted by Crippen LogP contribution is -2.57. The minimum absolute atomic E-state index is 0.0405. The maximum atomic E-state index is 13.2. The molecule has 0 unspecified atom stereocenters. The van der Waals surface area contributed by atoms with Crippen LogP contribution in [0.5, 0.6) is 0 Å². The molecule has 2 saturated heterocycles. The van der Waals surface area contributed by atoms with Crippen molar-refractivity contribution in [2.45, 2.75) is 56.7 Å². The fourth-order valence-corrected chi connectivity index (χ4v) is 6.22. The summed E-state index contributed by atoms with van der Waals surface area (Å²) in [6, 6.07) is 1.86. The topological polar surface area (TPSA) is 20.2 Å². The Morgan fingerprint density at radius 1 is 1.00 bits per heavy atom. The van der Waals surface area contributed by atoms with E-state index >= 15 is 0 Å². The highest BCUT2D eigenvalue weighted by molar-refractivity contribution is 5.33. The summed E-state index contributed by atoms with van der Waals surface area (Å²) in [6.07, 6.45) is -7.48. The number of aliphatic hydroxyl groups is 1. The van der Waals surface area contributed by atoms with Gasteiger partial charge in [0.25, 0.3) is 0 Å². The van der Waals surface area contributed by atoms with Crippen LogP contribution in [0.1, 0.15) is 42.9 Å². The van der Waals surface area contributed by atoms with Gasteiger partial charge >= 0.3 is 12.4 Å². The third-order valence-electron chi connectivity index (χ3n) is 7.46. The molecule has 2 nitrogen and oxygen atoms in total. The molecule has 0 radical (unpaired) electrons. The van der Waals surface area contributed by atoms with Gasteiger partial charge in [-0.3, -0.25) is 0 Å². The van der Waals surface area contributed by atoms with Crippen molar-refractivity contribution in [3.8, 4) is 0 Å². The smallest absolute Gasteiger partial charge is 0.387 e. The molecule has 0 bridgehead atoms. The van der Waals surface area contributed by atoms with Gasteiger partial charge in [0, 0.05) is 23.8 Å². The van der Waals surface area contributed by atoms with Crippen LogP contribution in [0.25, 0.3) is 0 Å². The first-order valence-corrected chi connectivity index (χ1v) is 9.19. The molecule has 4 rings (SSSR count). The molecule has 150 valence electrons. The van der Waals surface area contributed by atoms with Gasteiger partial charge in [-0.1, -0.05) is 0 Å². The number of quaternary nitrogens is 1. The van der Waals surface area contributed by atoms with Gasteiger partial charge in [-0.05, 0) is 38.0 Å². The van der Waals surface area contributed by atoms with Gasteiger partial charge in [0.05, 0.1) is 17.7 Å². The maximum Gasteiger partial charge on any atom is 0.416 e. The minimum atomic E-state index is -4.84. The second-order valence-electron chi connectivity index (χ2n) is 8.59. The Hall–Kier alpha value is -1.28. The van der Waals surface area contributed by atoms with Crippen LogP contribution in [0.2, 0.25) is 0 Å². The SMILES string of the molecule is C[C@@]12[C@H]3CC[C@@H]1[C@H](O)C[N@+]2(Cc1cc(C(F)(F)F)cc(C(F)(F)F)c1)CC3. The molecule has 1 N–H and O–H groups in total. The van der Waals surface area contributed by atoms with Gasteiger partial charge in [0.1, 0.15) is 24.7 Å². The molecule has 0 amide bonds. The average molecular weight is 394 g/mol. The van der Waals surface area contributed by atoms with E-state index in [4.69, 9.17) is 0 Å². The molecule has 0 spiro atoms. The van der Waals surface area contributed by atoms with E-state index in [1.54, 1.807) is 0 Å². The molecule has 8 heteroatoms. The quantitative estimate of drug-likeness (QED) is 0.574. The third-order valence-corrected chi connectivity index (χ3v) is 7.46. The Morgan fingerprint density at radius 3 is 2.15 bits per heavy atom. The normalized spacial score (nSPS) is 38.4. The first-order chi connectivity index (χ1) is 12.4. The number of nitrogens with zero attached hydrogens (tertiary/aromatic N) is 1. The largest absolute Gasteiger partial charge is 0.416 e. The maximum absolute atomic E-state index is 13.2. The van der Waals surface area contributed by atoms with Crippen molar-refractivity contribution >= 4 is 0 Å². The summed E-state index contributed by atoms with van der Waals surface area (Å²) >= 11 is 0. The number of hydrogen-bond acceptors (Lipinski definition) is 1. The number of hydrogen-bond donors (Lipinski definition) is 1. The number of aliphatic hydroxyl groups excluding tert-OH is 1. The van der Waals surface area contributed by atoms with Gasteiger partial charge in [-0.2, -0.15) is 26.3 Å². The zero-order valence-electron chi connectivity index (χ0n) is 14.9. The van der Waals surface area contributed by atoms with Gasteiger partial charge < -0.3 is 9.59 Å². The van der Waals surface area contributed by atoms with E-state index in [2.05, 4.69) is 6.92 Å². The van der Waals surface area contributed by atoms with Crippen molar-refractivity contribution in [2.24, 2.45) is 11.8 Å². The zero-order chi connectivity index (χ0) is 19.8. The van der Waals surface area contributed by atoms with Crippen molar-refractivity contribution in [1.82, 2.24) is 0 Å². The summed E-state index contributed by atoms with van der Waals surface area (Å²) in [4.78, 5) is 0. The fourth-order valence-electron chi connectivity index (χ4n) is 6.22. The molecule has 5 atom stereocenters. The Morgan fingerprint density at radius 2 is 1.59 bits per heavy atom. The lowest BCUT2D eigenvalue weighted by atomic mass is 9.83. The zero-order valence-corrected chi connectivity index (χ0v) is 14.9. The molecule has 3 fully saturated rings. The van der Waals surface area contributed by atoms with Crippen LogP contribution in [-0.2, 0) is 18.9 Å². The Balaban J connectivity index is 1.76. The summed E-state index contributed by atoms with van der Waals surface area (Å²) in [5.74, 6) is 0.436. The summed E-state index contributed by atoms with van der Waals surface area (Å²) in [6.45, 7) is 3.24. The average Bonchev–Trinajstić information content (AvgIpc) is 3.08. The lowest BCUT2D eigenvalue weighted by molar-refractivity contribution is -0.966. The van der Waals surface area contributed by atoms with E-state index in [0.717, 1.165) is 31.4 Å². The van der Waals surface area contributed by atoms with E-state index in [-0.39, 0.29) is 29.6 Å². The van der Waals surface area contributed by atoms with E-state index < -0.39 is 29.6 Å². The molecule has 27 heavy (non-hydrogen) atoms. The molecular formula is C19H22F6NO+. The van der Waals surface area contributed by atoms with Crippen molar-refractivity contribution < 1.29 is 35.9 Å². The van der Waals surface area contributed by atoms with Crippen molar-refractivity contribution in [2.75, 3.05) is 13.1 Å². The Labute approximate surface area is 153 Å². The van der Waals surface area contributed by atoms with E-state index in [9.17, 15) is 31.4 Å². The molecule has 1 aromatic rings. The second-order valence-corrected chi connectivity index (χ2v) is 8.59. The fraction of sp³-hybridized carbons (Fsp3) is 0.684. The summed E-state index contributed by atoms with van der Waals surface area (Å²) in [7, 11) is 0. The highest BCUT2D eigenvalue weighted by atomic mass is 19.4. The lowest BCUT2D eigenvalue weighted by Gasteiger charge is -2.44. The highest BCUT2D eigenvalue weighted by Gasteiger charge is 2.70. The van der Waals surface area contributed by atoms with E-state index in [1.807, 2.05) is 0 Å².